The molecule has 1 aromatic heterocycles. The maximum absolute atomic E-state index is 9.49. The second-order valence-corrected chi connectivity index (χ2v) is 3.24. The predicted molar refractivity (Wildman–Crippen MR) is 55.2 cm³/mol. The molecule has 4 heteroatoms. The number of aromatic nitrogens is 1. The lowest BCUT2D eigenvalue weighted by atomic mass is 10.1. The number of aliphatic hydroxyl groups excluding tert-OH is 2. The van der Waals surface area contributed by atoms with Gasteiger partial charge in [0.15, 0.2) is 0 Å². The van der Waals surface area contributed by atoms with Crippen LogP contribution < -0.4 is 4.90 Å². The first kappa shape index (κ1) is 10.9. The minimum Gasteiger partial charge on any atom is -0.395 e. The molecule has 0 fully saturated rings. The van der Waals surface area contributed by atoms with E-state index < -0.39 is 6.10 Å². The Bertz CT molecular complexity index is 289. The number of hydrogen-bond donors (Lipinski definition) is 2. The van der Waals surface area contributed by atoms with Crippen molar-refractivity contribution in [3.63, 3.8) is 0 Å². The highest BCUT2D eigenvalue weighted by atomic mass is 16.3. The van der Waals surface area contributed by atoms with Gasteiger partial charge in [-0.2, -0.15) is 0 Å². The SMILES string of the molecule is CC(O)c1cccnc1N(C)CCO. The van der Waals surface area contributed by atoms with Crippen molar-refractivity contribution in [2.24, 2.45) is 0 Å². The summed E-state index contributed by atoms with van der Waals surface area (Å²) in [5.74, 6) is 0.719. The summed E-state index contributed by atoms with van der Waals surface area (Å²) < 4.78 is 0. The third-order valence-corrected chi connectivity index (χ3v) is 2.06. The smallest absolute Gasteiger partial charge is 0.134 e. The van der Waals surface area contributed by atoms with Crippen LogP contribution in [-0.4, -0.2) is 35.4 Å². The van der Waals surface area contributed by atoms with Crippen LogP contribution in [0.5, 0.6) is 0 Å². The second kappa shape index (κ2) is 4.93. The van der Waals surface area contributed by atoms with Crippen molar-refractivity contribution in [3.05, 3.63) is 23.9 Å². The fraction of sp³-hybridized carbons (Fsp3) is 0.500. The van der Waals surface area contributed by atoms with Gasteiger partial charge in [-0.15, -0.1) is 0 Å². The Balaban J connectivity index is 2.94. The number of rotatable bonds is 4. The number of aliphatic hydroxyl groups is 2. The molecule has 1 atom stereocenters. The van der Waals surface area contributed by atoms with Crippen LogP contribution in [0.3, 0.4) is 0 Å². The molecule has 0 saturated heterocycles. The largest absolute Gasteiger partial charge is 0.395 e. The maximum Gasteiger partial charge on any atom is 0.134 e. The van der Waals surface area contributed by atoms with Crippen LogP contribution in [0.1, 0.15) is 18.6 Å². The normalized spacial score (nSPS) is 12.6. The molecule has 0 radical (unpaired) electrons. The Morgan fingerprint density at radius 3 is 2.86 bits per heavy atom. The third kappa shape index (κ3) is 2.43. The van der Waals surface area contributed by atoms with E-state index in [-0.39, 0.29) is 6.61 Å². The molecule has 0 saturated carbocycles. The molecule has 0 aliphatic heterocycles. The molecule has 0 aromatic carbocycles. The van der Waals surface area contributed by atoms with E-state index in [0.29, 0.717) is 6.54 Å². The molecule has 4 nitrogen and oxygen atoms in total. The Kier molecular flexibility index (Phi) is 3.85. The van der Waals surface area contributed by atoms with E-state index in [0.717, 1.165) is 11.4 Å². The summed E-state index contributed by atoms with van der Waals surface area (Å²) in [6.07, 6.45) is 1.13. The summed E-state index contributed by atoms with van der Waals surface area (Å²) in [7, 11) is 1.84. The highest BCUT2D eigenvalue weighted by Gasteiger charge is 2.11. The second-order valence-electron chi connectivity index (χ2n) is 3.24. The van der Waals surface area contributed by atoms with E-state index in [2.05, 4.69) is 4.98 Å². The van der Waals surface area contributed by atoms with Crippen molar-refractivity contribution in [1.29, 1.82) is 0 Å². The van der Waals surface area contributed by atoms with Crippen LogP contribution in [0.2, 0.25) is 0 Å². The van der Waals surface area contributed by atoms with Crippen molar-refractivity contribution in [3.8, 4) is 0 Å². The van der Waals surface area contributed by atoms with Crippen LogP contribution in [0.4, 0.5) is 5.82 Å². The predicted octanol–water partition coefficient (Wildman–Crippen LogP) is 0.563. The number of pyridine rings is 1. The van der Waals surface area contributed by atoms with E-state index in [1.54, 1.807) is 19.2 Å². The fourth-order valence-electron chi connectivity index (χ4n) is 1.31. The van der Waals surface area contributed by atoms with Crippen LogP contribution in [0.15, 0.2) is 18.3 Å². The summed E-state index contributed by atoms with van der Waals surface area (Å²) in [6.45, 7) is 2.29. The van der Waals surface area contributed by atoms with Gasteiger partial charge in [-0.1, -0.05) is 6.07 Å². The highest BCUT2D eigenvalue weighted by Crippen LogP contribution is 2.22. The van der Waals surface area contributed by atoms with Gasteiger partial charge in [0.2, 0.25) is 0 Å². The maximum atomic E-state index is 9.49. The molecule has 0 aliphatic rings. The first-order valence-electron chi connectivity index (χ1n) is 4.61. The Morgan fingerprint density at radius 1 is 1.57 bits per heavy atom. The summed E-state index contributed by atoms with van der Waals surface area (Å²) in [5.41, 5.74) is 0.781. The molecule has 1 rings (SSSR count). The molecular formula is C10H16N2O2. The van der Waals surface area contributed by atoms with Crippen LogP contribution in [-0.2, 0) is 0 Å². The van der Waals surface area contributed by atoms with E-state index in [4.69, 9.17) is 5.11 Å². The quantitative estimate of drug-likeness (QED) is 0.739. The van der Waals surface area contributed by atoms with Gasteiger partial charge in [0.25, 0.3) is 0 Å². The first-order valence-corrected chi connectivity index (χ1v) is 4.61. The van der Waals surface area contributed by atoms with Crippen molar-refractivity contribution in [1.82, 2.24) is 4.98 Å². The zero-order chi connectivity index (χ0) is 10.6. The van der Waals surface area contributed by atoms with Gasteiger partial charge in [-0.05, 0) is 13.0 Å². The zero-order valence-electron chi connectivity index (χ0n) is 8.51. The Hall–Kier alpha value is -1.13. The van der Waals surface area contributed by atoms with Gasteiger partial charge >= 0.3 is 0 Å². The lowest BCUT2D eigenvalue weighted by Crippen LogP contribution is -2.23. The van der Waals surface area contributed by atoms with Crippen molar-refractivity contribution >= 4 is 5.82 Å². The molecule has 2 N–H and O–H groups in total. The van der Waals surface area contributed by atoms with Gasteiger partial charge in [-0.25, -0.2) is 4.98 Å². The van der Waals surface area contributed by atoms with E-state index in [1.807, 2.05) is 18.0 Å². The van der Waals surface area contributed by atoms with Crippen LogP contribution in [0, 0.1) is 0 Å². The topological polar surface area (TPSA) is 56.6 Å². The third-order valence-electron chi connectivity index (χ3n) is 2.06. The van der Waals surface area contributed by atoms with Crippen LogP contribution >= 0.6 is 0 Å². The average Bonchev–Trinajstić information content (AvgIpc) is 2.18. The lowest BCUT2D eigenvalue weighted by Gasteiger charge is -2.20. The standard InChI is InChI=1S/C10H16N2O2/c1-8(14)9-4-3-5-11-10(9)12(2)6-7-13/h3-5,8,13-14H,6-7H2,1-2H3. The molecule has 1 heterocycles. The van der Waals surface area contributed by atoms with E-state index in [1.165, 1.54) is 0 Å². The monoisotopic (exact) mass is 196 g/mol. The molecule has 78 valence electrons. The Morgan fingerprint density at radius 2 is 2.29 bits per heavy atom. The minimum absolute atomic E-state index is 0.0757. The van der Waals surface area contributed by atoms with Gasteiger partial charge in [-0.3, -0.25) is 0 Å². The first-order chi connectivity index (χ1) is 6.66. The molecule has 1 aromatic rings. The van der Waals surface area contributed by atoms with Crippen molar-refractivity contribution < 1.29 is 10.2 Å². The molecular weight excluding hydrogens is 180 g/mol. The summed E-state index contributed by atoms with van der Waals surface area (Å²) in [5, 5.41) is 18.3. The Labute approximate surface area is 83.8 Å². The molecule has 0 spiro atoms. The van der Waals surface area contributed by atoms with Gasteiger partial charge in [0.1, 0.15) is 5.82 Å². The van der Waals surface area contributed by atoms with Crippen molar-refractivity contribution in [2.75, 3.05) is 25.1 Å². The average molecular weight is 196 g/mol. The van der Waals surface area contributed by atoms with E-state index in [9.17, 15) is 5.11 Å². The van der Waals surface area contributed by atoms with Gasteiger partial charge in [0.05, 0.1) is 12.7 Å². The fourth-order valence-corrected chi connectivity index (χ4v) is 1.31. The molecule has 0 aliphatic carbocycles. The van der Waals surface area contributed by atoms with Gasteiger partial charge < -0.3 is 15.1 Å². The molecule has 0 amide bonds. The summed E-state index contributed by atoms with van der Waals surface area (Å²) in [6, 6.07) is 3.62. The lowest BCUT2D eigenvalue weighted by molar-refractivity contribution is 0.199. The van der Waals surface area contributed by atoms with Crippen molar-refractivity contribution in [2.45, 2.75) is 13.0 Å². The van der Waals surface area contributed by atoms with Gasteiger partial charge in [0, 0.05) is 25.4 Å². The summed E-state index contributed by atoms with van der Waals surface area (Å²) >= 11 is 0. The molecule has 0 bridgehead atoms. The van der Waals surface area contributed by atoms with E-state index >= 15 is 0 Å². The number of likely N-dealkylation sites (N-methyl/N-ethyl adjacent to an activating group) is 1. The summed E-state index contributed by atoms with van der Waals surface area (Å²) in [4.78, 5) is 5.99. The number of anilines is 1. The van der Waals surface area contributed by atoms with Crippen LogP contribution in [0.25, 0.3) is 0 Å². The zero-order valence-corrected chi connectivity index (χ0v) is 8.51. The molecule has 1 unspecified atom stereocenters. The number of nitrogens with zero attached hydrogens (tertiary/aromatic N) is 2. The molecule has 14 heavy (non-hydrogen) atoms. The number of hydrogen-bond acceptors (Lipinski definition) is 4. The highest BCUT2D eigenvalue weighted by molar-refractivity contribution is 5.46. The minimum atomic E-state index is -0.542.